The van der Waals surface area contributed by atoms with Crippen molar-refractivity contribution in [2.24, 2.45) is 5.84 Å². The van der Waals surface area contributed by atoms with Crippen LogP contribution in [0.3, 0.4) is 0 Å². The van der Waals surface area contributed by atoms with Gasteiger partial charge in [0.2, 0.25) is 0 Å². The van der Waals surface area contributed by atoms with E-state index in [9.17, 15) is 4.39 Å². The molecule has 0 saturated carbocycles. The molecule has 1 unspecified atom stereocenters. The molecular formula is C15H17FN2. The van der Waals surface area contributed by atoms with E-state index in [-0.39, 0.29) is 11.9 Å². The average Bonchev–Trinajstić information content (AvgIpc) is 2.40. The van der Waals surface area contributed by atoms with Crippen LogP contribution < -0.4 is 11.3 Å². The van der Waals surface area contributed by atoms with E-state index in [1.807, 2.05) is 37.3 Å². The molecule has 0 fully saturated rings. The molecule has 18 heavy (non-hydrogen) atoms. The Hall–Kier alpha value is -1.71. The first kappa shape index (κ1) is 12.7. The Morgan fingerprint density at radius 2 is 1.89 bits per heavy atom. The summed E-state index contributed by atoms with van der Waals surface area (Å²) >= 11 is 0. The van der Waals surface area contributed by atoms with E-state index in [0.29, 0.717) is 0 Å². The van der Waals surface area contributed by atoms with Crippen LogP contribution in [0.5, 0.6) is 0 Å². The lowest BCUT2D eigenvalue weighted by Crippen LogP contribution is -2.30. The fourth-order valence-electron chi connectivity index (χ4n) is 2.10. The van der Waals surface area contributed by atoms with E-state index < -0.39 is 0 Å². The number of halogens is 1. The molecule has 0 bridgehead atoms. The van der Waals surface area contributed by atoms with Crippen LogP contribution in [-0.4, -0.2) is 0 Å². The van der Waals surface area contributed by atoms with E-state index in [2.05, 4.69) is 5.43 Å². The van der Waals surface area contributed by atoms with Gasteiger partial charge >= 0.3 is 0 Å². The average molecular weight is 244 g/mol. The van der Waals surface area contributed by atoms with Gasteiger partial charge in [-0.3, -0.25) is 11.3 Å². The number of nitrogens with one attached hydrogen (secondary N) is 1. The van der Waals surface area contributed by atoms with Gasteiger partial charge in [-0.05, 0) is 42.2 Å². The molecule has 2 nitrogen and oxygen atoms in total. The van der Waals surface area contributed by atoms with Crippen LogP contribution in [0.15, 0.2) is 48.5 Å². The van der Waals surface area contributed by atoms with Crippen molar-refractivity contribution in [2.75, 3.05) is 0 Å². The molecule has 0 heterocycles. The first-order chi connectivity index (χ1) is 8.70. The molecule has 0 radical (unpaired) electrons. The van der Waals surface area contributed by atoms with E-state index in [1.54, 1.807) is 12.1 Å². The summed E-state index contributed by atoms with van der Waals surface area (Å²) in [7, 11) is 0. The Labute approximate surface area is 107 Å². The fourth-order valence-corrected chi connectivity index (χ4v) is 2.10. The number of rotatable bonds is 4. The maximum Gasteiger partial charge on any atom is 0.123 e. The zero-order valence-electron chi connectivity index (χ0n) is 10.4. The van der Waals surface area contributed by atoms with Crippen molar-refractivity contribution in [3.8, 4) is 0 Å². The van der Waals surface area contributed by atoms with Gasteiger partial charge in [-0.15, -0.1) is 0 Å². The van der Waals surface area contributed by atoms with Crippen LogP contribution in [0, 0.1) is 12.7 Å². The summed E-state index contributed by atoms with van der Waals surface area (Å²) in [5.41, 5.74) is 5.88. The zero-order chi connectivity index (χ0) is 13.0. The molecule has 3 N–H and O–H groups in total. The molecule has 1 atom stereocenters. The molecule has 2 aromatic rings. The van der Waals surface area contributed by atoms with Gasteiger partial charge in [0, 0.05) is 0 Å². The van der Waals surface area contributed by atoms with Crippen molar-refractivity contribution < 1.29 is 4.39 Å². The van der Waals surface area contributed by atoms with Crippen LogP contribution in [0.1, 0.15) is 22.7 Å². The van der Waals surface area contributed by atoms with Gasteiger partial charge in [-0.1, -0.05) is 36.4 Å². The van der Waals surface area contributed by atoms with Crippen molar-refractivity contribution in [1.82, 2.24) is 5.43 Å². The maximum absolute atomic E-state index is 13.3. The summed E-state index contributed by atoms with van der Waals surface area (Å²) in [6.07, 6.45) is 0.738. The van der Waals surface area contributed by atoms with E-state index >= 15 is 0 Å². The van der Waals surface area contributed by atoms with Gasteiger partial charge in [0.25, 0.3) is 0 Å². The quantitative estimate of drug-likeness (QED) is 0.641. The smallest absolute Gasteiger partial charge is 0.123 e. The minimum atomic E-state index is -0.232. The maximum atomic E-state index is 13.3. The van der Waals surface area contributed by atoms with Crippen LogP contribution in [0.2, 0.25) is 0 Å². The second-order valence-corrected chi connectivity index (χ2v) is 4.41. The Morgan fingerprint density at radius 3 is 2.56 bits per heavy atom. The van der Waals surface area contributed by atoms with Crippen molar-refractivity contribution in [3.63, 3.8) is 0 Å². The minimum absolute atomic E-state index is 0.0805. The predicted octanol–water partition coefficient (Wildman–Crippen LogP) is 2.88. The summed E-state index contributed by atoms with van der Waals surface area (Å²) in [5.74, 6) is 5.37. The normalized spacial score (nSPS) is 12.4. The van der Waals surface area contributed by atoms with Gasteiger partial charge in [0.15, 0.2) is 0 Å². The number of hydrazine groups is 1. The van der Waals surface area contributed by atoms with E-state index in [1.165, 1.54) is 11.6 Å². The Morgan fingerprint density at radius 1 is 1.17 bits per heavy atom. The van der Waals surface area contributed by atoms with Gasteiger partial charge in [0.05, 0.1) is 6.04 Å². The summed E-state index contributed by atoms with van der Waals surface area (Å²) in [6.45, 7) is 1.96. The zero-order valence-corrected chi connectivity index (χ0v) is 10.4. The fraction of sp³-hybridized carbons (Fsp3) is 0.200. The van der Waals surface area contributed by atoms with Gasteiger partial charge in [-0.2, -0.15) is 0 Å². The molecule has 0 spiro atoms. The molecule has 3 heteroatoms. The first-order valence-corrected chi connectivity index (χ1v) is 5.97. The lowest BCUT2D eigenvalue weighted by Gasteiger charge is -2.18. The molecule has 0 amide bonds. The summed E-state index contributed by atoms with van der Waals surface area (Å²) < 4.78 is 13.3. The van der Waals surface area contributed by atoms with Gasteiger partial charge in [0.1, 0.15) is 5.82 Å². The summed E-state index contributed by atoms with van der Waals surface area (Å²) in [4.78, 5) is 0. The third-order valence-electron chi connectivity index (χ3n) is 3.10. The second kappa shape index (κ2) is 5.76. The highest BCUT2D eigenvalue weighted by molar-refractivity contribution is 5.31. The van der Waals surface area contributed by atoms with E-state index in [0.717, 1.165) is 17.5 Å². The minimum Gasteiger partial charge on any atom is -0.271 e. The Kier molecular flexibility index (Phi) is 4.07. The number of hydrogen-bond acceptors (Lipinski definition) is 2. The van der Waals surface area contributed by atoms with Crippen molar-refractivity contribution in [1.29, 1.82) is 0 Å². The standard InChI is InChI=1S/C15H17FN2/c1-11-7-8-13(16)10-14(11)15(18-17)9-12-5-3-2-4-6-12/h2-8,10,15,18H,9,17H2,1H3. The molecule has 0 aliphatic carbocycles. The number of benzene rings is 2. The highest BCUT2D eigenvalue weighted by Gasteiger charge is 2.13. The molecule has 0 aromatic heterocycles. The number of aryl methyl sites for hydroxylation is 1. The SMILES string of the molecule is Cc1ccc(F)cc1C(Cc1ccccc1)NN. The summed E-state index contributed by atoms with van der Waals surface area (Å²) in [6, 6.07) is 14.7. The molecule has 2 aromatic carbocycles. The first-order valence-electron chi connectivity index (χ1n) is 5.97. The molecule has 0 aliphatic heterocycles. The monoisotopic (exact) mass is 244 g/mol. The molecule has 0 aliphatic rings. The molecule has 0 saturated heterocycles. The third kappa shape index (κ3) is 2.94. The van der Waals surface area contributed by atoms with Crippen LogP contribution in [0.4, 0.5) is 4.39 Å². The molecular weight excluding hydrogens is 227 g/mol. The van der Waals surface area contributed by atoms with E-state index in [4.69, 9.17) is 5.84 Å². The van der Waals surface area contributed by atoms with Crippen molar-refractivity contribution in [3.05, 3.63) is 71.0 Å². The summed E-state index contributed by atoms with van der Waals surface area (Å²) in [5, 5.41) is 0. The lowest BCUT2D eigenvalue weighted by molar-refractivity contribution is 0.541. The molecule has 2 rings (SSSR count). The highest BCUT2D eigenvalue weighted by atomic mass is 19.1. The topological polar surface area (TPSA) is 38.0 Å². The number of hydrogen-bond donors (Lipinski definition) is 2. The third-order valence-corrected chi connectivity index (χ3v) is 3.10. The Bertz CT molecular complexity index is 511. The van der Waals surface area contributed by atoms with Crippen LogP contribution in [0.25, 0.3) is 0 Å². The lowest BCUT2D eigenvalue weighted by atomic mass is 9.96. The van der Waals surface area contributed by atoms with Crippen LogP contribution >= 0.6 is 0 Å². The predicted molar refractivity (Wildman–Crippen MR) is 71.3 cm³/mol. The van der Waals surface area contributed by atoms with Crippen LogP contribution in [-0.2, 0) is 6.42 Å². The largest absolute Gasteiger partial charge is 0.271 e. The number of nitrogens with two attached hydrogens (primary N) is 1. The van der Waals surface area contributed by atoms with Gasteiger partial charge < -0.3 is 0 Å². The van der Waals surface area contributed by atoms with Gasteiger partial charge in [-0.25, -0.2) is 4.39 Å². The Balaban J connectivity index is 2.26. The second-order valence-electron chi connectivity index (χ2n) is 4.41. The van der Waals surface area contributed by atoms with Crippen molar-refractivity contribution >= 4 is 0 Å². The highest BCUT2D eigenvalue weighted by Crippen LogP contribution is 2.22. The molecule has 94 valence electrons. The van der Waals surface area contributed by atoms with Crippen molar-refractivity contribution in [2.45, 2.75) is 19.4 Å².